The molecule has 3 N–H and O–H groups in total. The molecular formula is C12H18BrClN2O2. The molecule has 0 saturated heterocycles. The molecule has 0 heterocycles. The Balaban J connectivity index is 0.00000289. The summed E-state index contributed by atoms with van der Waals surface area (Å²) in [5.41, 5.74) is 6.45. The summed E-state index contributed by atoms with van der Waals surface area (Å²) in [5.74, 6) is 0.643. The Bertz CT molecular complexity index is 413. The van der Waals surface area contributed by atoms with E-state index >= 15 is 0 Å². The van der Waals surface area contributed by atoms with Crippen molar-refractivity contribution in [3.8, 4) is 5.75 Å². The third kappa shape index (κ3) is 4.48. The summed E-state index contributed by atoms with van der Waals surface area (Å²) in [6.07, 6.45) is 0. The van der Waals surface area contributed by atoms with Crippen LogP contribution in [-0.4, -0.2) is 19.1 Å². The van der Waals surface area contributed by atoms with Gasteiger partial charge in [-0.2, -0.15) is 0 Å². The summed E-state index contributed by atoms with van der Waals surface area (Å²) in [5, 5.41) is 2.77. The minimum atomic E-state index is -0.504. The maximum Gasteiger partial charge on any atom is 0.241 e. The molecule has 1 atom stereocenters. The largest absolute Gasteiger partial charge is 0.496 e. The van der Waals surface area contributed by atoms with Gasteiger partial charge in [0.15, 0.2) is 0 Å². The number of carbonyl (C=O) groups excluding carboxylic acids is 1. The fourth-order valence-corrected chi connectivity index (χ4v) is 1.81. The molecule has 0 bridgehead atoms. The monoisotopic (exact) mass is 336 g/mol. The van der Waals surface area contributed by atoms with Crippen LogP contribution < -0.4 is 15.8 Å². The van der Waals surface area contributed by atoms with E-state index in [-0.39, 0.29) is 24.2 Å². The van der Waals surface area contributed by atoms with Crippen molar-refractivity contribution < 1.29 is 9.53 Å². The molecule has 4 nitrogen and oxygen atoms in total. The van der Waals surface area contributed by atoms with Crippen LogP contribution in [0.25, 0.3) is 0 Å². The quantitative estimate of drug-likeness (QED) is 0.888. The molecule has 6 heteroatoms. The molecule has 0 aliphatic rings. The molecule has 0 aliphatic carbocycles. The lowest BCUT2D eigenvalue weighted by molar-refractivity contribution is -0.118. The van der Waals surface area contributed by atoms with Gasteiger partial charge in [-0.3, -0.25) is 4.79 Å². The highest BCUT2D eigenvalue weighted by Crippen LogP contribution is 2.27. The number of hydrogen-bond acceptors (Lipinski definition) is 3. The molecule has 1 amide bonds. The Morgan fingerprint density at radius 1 is 1.44 bits per heavy atom. The van der Waals surface area contributed by atoms with Crippen molar-refractivity contribution in [3.05, 3.63) is 22.7 Å². The van der Waals surface area contributed by atoms with Gasteiger partial charge in [-0.05, 0) is 40.0 Å². The van der Waals surface area contributed by atoms with Crippen LogP contribution in [0.1, 0.15) is 13.8 Å². The number of halogens is 2. The van der Waals surface area contributed by atoms with Gasteiger partial charge < -0.3 is 15.8 Å². The normalized spacial score (nSPS) is 11.7. The standard InChI is InChI=1S/C12H17BrN2O2.ClH/c1-7(2)11(14)12(16)15-8-4-5-10(17-3)9(13)6-8;/h4-7,11H,14H2,1-3H3,(H,15,16);1H/t11-;/m1./s1. The molecular weight excluding hydrogens is 320 g/mol. The minimum Gasteiger partial charge on any atom is -0.496 e. The zero-order valence-corrected chi connectivity index (χ0v) is 13.0. The Kier molecular flexibility index (Phi) is 7.28. The van der Waals surface area contributed by atoms with Gasteiger partial charge in [-0.15, -0.1) is 12.4 Å². The number of hydrogen-bond donors (Lipinski definition) is 2. The van der Waals surface area contributed by atoms with Crippen molar-refractivity contribution in [1.29, 1.82) is 0 Å². The van der Waals surface area contributed by atoms with Crippen molar-refractivity contribution in [3.63, 3.8) is 0 Å². The number of anilines is 1. The van der Waals surface area contributed by atoms with Gasteiger partial charge in [0, 0.05) is 5.69 Å². The predicted octanol–water partition coefficient (Wildman–Crippen LogP) is 2.80. The lowest BCUT2D eigenvalue weighted by Crippen LogP contribution is -2.39. The van der Waals surface area contributed by atoms with Gasteiger partial charge in [-0.25, -0.2) is 0 Å². The average Bonchev–Trinajstić information content (AvgIpc) is 2.28. The number of methoxy groups -OCH3 is 1. The zero-order chi connectivity index (χ0) is 13.0. The first-order chi connectivity index (χ1) is 7.95. The summed E-state index contributed by atoms with van der Waals surface area (Å²) in [6, 6.07) is 4.83. The fraction of sp³-hybridized carbons (Fsp3) is 0.417. The van der Waals surface area contributed by atoms with Crippen LogP contribution in [0.2, 0.25) is 0 Å². The molecule has 0 saturated carbocycles. The molecule has 0 unspecified atom stereocenters. The van der Waals surface area contributed by atoms with Crippen LogP contribution in [0, 0.1) is 5.92 Å². The summed E-state index contributed by atoms with van der Waals surface area (Å²) in [6.45, 7) is 3.82. The van der Waals surface area contributed by atoms with E-state index in [1.165, 1.54) is 0 Å². The molecule has 0 aromatic heterocycles. The Hall–Kier alpha value is -0.780. The van der Waals surface area contributed by atoms with Gasteiger partial charge >= 0.3 is 0 Å². The lowest BCUT2D eigenvalue weighted by Gasteiger charge is -2.15. The maximum absolute atomic E-state index is 11.7. The molecule has 1 rings (SSSR count). The molecule has 1 aromatic carbocycles. The number of rotatable bonds is 4. The Morgan fingerprint density at radius 2 is 2.06 bits per heavy atom. The number of amides is 1. The molecule has 0 radical (unpaired) electrons. The first-order valence-corrected chi connectivity index (χ1v) is 6.15. The highest BCUT2D eigenvalue weighted by atomic mass is 79.9. The van der Waals surface area contributed by atoms with Crippen molar-refractivity contribution in [1.82, 2.24) is 0 Å². The van der Waals surface area contributed by atoms with Crippen LogP contribution >= 0.6 is 28.3 Å². The minimum absolute atomic E-state index is 0. The number of nitrogens with two attached hydrogens (primary N) is 1. The van der Waals surface area contributed by atoms with Crippen molar-refractivity contribution in [2.24, 2.45) is 11.7 Å². The van der Waals surface area contributed by atoms with Gasteiger partial charge in [0.1, 0.15) is 5.75 Å². The van der Waals surface area contributed by atoms with E-state index < -0.39 is 6.04 Å². The lowest BCUT2D eigenvalue weighted by atomic mass is 10.1. The zero-order valence-electron chi connectivity index (χ0n) is 10.6. The van der Waals surface area contributed by atoms with Gasteiger partial charge in [0.05, 0.1) is 17.6 Å². The molecule has 1 aromatic rings. The number of carbonyl (C=O) groups is 1. The summed E-state index contributed by atoms with van der Waals surface area (Å²) >= 11 is 3.36. The van der Waals surface area contributed by atoms with E-state index in [0.29, 0.717) is 5.69 Å². The number of nitrogens with one attached hydrogen (secondary N) is 1. The van der Waals surface area contributed by atoms with Crippen LogP contribution in [0.3, 0.4) is 0 Å². The predicted molar refractivity (Wildman–Crippen MR) is 79.4 cm³/mol. The first-order valence-electron chi connectivity index (χ1n) is 5.35. The molecule has 0 spiro atoms. The summed E-state index contributed by atoms with van der Waals surface area (Å²) < 4.78 is 5.89. The van der Waals surface area contributed by atoms with E-state index in [9.17, 15) is 4.79 Å². The van der Waals surface area contributed by atoms with Crippen LogP contribution in [0.15, 0.2) is 22.7 Å². The third-order valence-electron chi connectivity index (χ3n) is 2.44. The van der Waals surface area contributed by atoms with E-state index in [4.69, 9.17) is 10.5 Å². The second-order valence-electron chi connectivity index (χ2n) is 4.11. The van der Waals surface area contributed by atoms with Crippen molar-refractivity contribution >= 4 is 39.9 Å². The Morgan fingerprint density at radius 3 is 2.50 bits per heavy atom. The molecule has 0 fully saturated rings. The van der Waals surface area contributed by atoms with Crippen LogP contribution in [-0.2, 0) is 4.79 Å². The number of benzene rings is 1. The summed E-state index contributed by atoms with van der Waals surface area (Å²) in [7, 11) is 1.59. The van der Waals surface area contributed by atoms with E-state index in [1.54, 1.807) is 25.3 Å². The second kappa shape index (κ2) is 7.61. The van der Waals surface area contributed by atoms with Gasteiger partial charge in [0.2, 0.25) is 5.91 Å². The maximum atomic E-state index is 11.7. The van der Waals surface area contributed by atoms with Crippen LogP contribution in [0.4, 0.5) is 5.69 Å². The van der Waals surface area contributed by atoms with E-state index in [0.717, 1.165) is 10.2 Å². The highest BCUT2D eigenvalue weighted by molar-refractivity contribution is 9.10. The van der Waals surface area contributed by atoms with Gasteiger partial charge in [-0.1, -0.05) is 13.8 Å². The van der Waals surface area contributed by atoms with E-state index in [1.807, 2.05) is 13.8 Å². The molecule has 102 valence electrons. The SMILES string of the molecule is COc1ccc(NC(=O)[C@H](N)C(C)C)cc1Br.Cl. The number of ether oxygens (including phenoxy) is 1. The second-order valence-corrected chi connectivity index (χ2v) is 4.96. The topological polar surface area (TPSA) is 64.3 Å². The van der Waals surface area contributed by atoms with E-state index in [2.05, 4.69) is 21.2 Å². The average molecular weight is 338 g/mol. The smallest absolute Gasteiger partial charge is 0.241 e. The fourth-order valence-electron chi connectivity index (χ4n) is 1.27. The first kappa shape index (κ1) is 17.2. The van der Waals surface area contributed by atoms with Crippen LogP contribution in [0.5, 0.6) is 5.75 Å². The summed E-state index contributed by atoms with van der Waals surface area (Å²) in [4.78, 5) is 11.7. The van der Waals surface area contributed by atoms with Crippen molar-refractivity contribution in [2.75, 3.05) is 12.4 Å². The highest BCUT2D eigenvalue weighted by Gasteiger charge is 2.17. The Labute approximate surface area is 122 Å². The molecule has 18 heavy (non-hydrogen) atoms. The molecule has 0 aliphatic heterocycles. The van der Waals surface area contributed by atoms with Crippen molar-refractivity contribution in [2.45, 2.75) is 19.9 Å². The van der Waals surface area contributed by atoms with Gasteiger partial charge in [0.25, 0.3) is 0 Å². The third-order valence-corrected chi connectivity index (χ3v) is 3.06.